The zero-order chi connectivity index (χ0) is 24.9. The summed E-state index contributed by atoms with van der Waals surface area (Å²) in [5.41, 5.74) is 2.85. The lowest BCUT2D eigenvalue weighted by Crippen LogP contribution is -1.97. The Bertz CT molecular complexity index is 1400. The number of fused-ring (bicyclic) bond motifs is 1. The molecule has 4 rings (SSSR count). The molecule has 0 atom stereocenters. The molecule has 0 aliphatic heterocycles. The maximum Gasteiger partial charge on any atom is 0.204 e. The number of nitrogens with zero attached hydrogens (tertiary/aromatic N) is 1. The molecule has 0 saturated heterocycles. The van der Waals surface area contributed by atoms with Gasteiger partial charge in [0.1, 0.15) is 9.71 Å². The molecule has 0 saturated carbocycles. The molecule has 0 unspecified atom stereocenters. The second-order valence-corrected chi connectivity index (χ2v) is 8.32. The van der Waals surface area contributed by atoms with Crippen LogP contribution in [0.2, 0.25) is 0 Å². The molecule has 0 spiro atoms. The van der Waals surface area contributed by atoms with E-state index in [9.17, 15) is 9.90 Å². The number of hydrogen-bond donors (Lipinski definition) is 2. The normalized spacial score (nSPS) is 11.0. The van der Waals surface area contributed by atoms with E-state index < -0.39 is 0 Å². The van der Waals surface area contributed by atoms with Gasteiger partial charge in [-0.15, -0.1) is 11.3 Å². The average Bonchev–Trinajstić information content (AvgIpc) is 3.31. The van der Waals surface area contributed by atoms with Crippen molar-refractivity contribution in [3.63, 3.8) is 0 Å². The van der Waals surface area contributed by atoms with E-state index in [1.807, 2.05) is 30.3 Å². The van der Waals surface area contributed by atoms with Crippen LogP contribution in [0.25, 0.3) is 20.8 Å². The fourth-order valence-corrected chi connectivity index (χ4v) is 4.58. The molecule has 1 heterocycles. The molecule has 0 aliphatic rings. The van der Waals surface area contributed by atoms with Crippen molar-refractivity contribution in [3.8, 4) is 39.3 Å². The lowest BCUT2D eigenvalue weighted by molar-refractivity contribution is 0.104. The number of ether oxygens (including phenoxy) is 4. The lowest BCUT2D eigenvalue weighted by Gasteiger charge is -2.11. The largest absolute Gasteiger partial charge is 0.504 e. The number of methoxy groups -OCH3 is 4. The molecular formula is C26H24N2O6S. The molecule has 0 radical (unpaired) electrons. The molecule has 1 aromatic heterocycles. The third-order valence-corrected chi connectivity index (χ3v) is 6.38. The summed E-state index contributed by atoms with van der Waals surface area (Å²) in [6, 6.07) is 14.0. The summed E-state index contributed by atoms with van der Waals surface area (Å²) in [6.07, 6.45) is 2.95. The fourth-order valence-electron chi connectivity index (χ4n) is 3.51. The van der Waals surface area contributed by atoms with Crippen LogP contribution in [-0.4, -0.2) is 44.3 Å². The van der Waals surface area contributed by atoms with Crippen molar-refractivity contribution in [2.24, 2.45) is 0 Å². The summed E-state index contributed by atoms with van der Waals surface area (Å²) in [5, 5.41) is 13.8. The van der Waals surface area contributed by atoms with E-state index >= 15 is 0 Å². The monoisotopic (exact) mass is 492 g/mol. The zero-order valence-corrected chi connectivity index (χ0v) is 20.4. The minimum atomic E-state index is -0.249. The number of thiazole rings is 1. The number of ketones is 1. The number of nitrogens with one attached hydrogen (secondary N) is 1. The highest BCUT2D eigenvalue weighted by atomic mass is 32.1. The SMILES string of the molecule is COc1ccc(C(=O)/C=C\Nc2ccc(-c3nc4cc(OC)c(OC)c(OC)c4s3)cc2)cc1O. The van der Waals surface area contributed by atoms with E-state index in [1.54, 1.807) is 39.7 Å². The van der Waals surface area contributed by atoms with Gasteiger partial charge in [0.2, 0.25) is 5.75 Å². The molecule has 0 fully saturated rings. The highest BCUT2D eigenvalue weighted by Gasteiger charge is 2.20. The summed E-state index contributed by atoms with van der Waals surface area (Å²) in [4.78, 5) is 17.1. The number of anilines is 1. The fraction of sp³-hybridized carbons (Fsp3) is 0.154. The van der Waals surface area contributed by atoms with Crippen LogP contribution in [-0.2, 0) is 0 Å². The van der Waals surface area contributed by atoms with Crippen molar-refractivity contribution in [2.45, 2.75) is 0 Å². The molecule has 0 bridgehead atoms. The van der Waals surface area contributed by atoms with Crippen molar-refractivity contribution >= 4 is 33.0 Å². The molecule has 0 aliphatic carbocycles. The predicted octanol–water partition coefficient (Wildman–Crippen LogP) is 5.51. The van der Waals surface area contributed by atoms with Gasteiger partial charge in [0.15, 0.2) is 28.8 Å². The Morgan fingerprint density at radius 3 is 2.26 bits per heavy atom. The van der Waals surface area contributed by atoms with Crippen molar-refractivity contribution in [1.82, 2.24) is 4.98 Å². The van der Waals surface area contributed by atoms with Crippen LogP contribution >= 0.6 is 11.3 Å². The first-order valence-corrected chi connectivity index (χ1v) is 11.3. The Kier molecular flexibility index (Phi) is 7.07. The van der Waals surface area contributed by atoms with Crippen molar-refractivity contribution in [2.75, 3.05) is 33.8 Å². The second-order valence-electron chi connectivity index (χ2n) is 7.32. The molecule has 4 aromatic rings. The van der Waals surface area contributed by atoms with Crippen LogP contribution in [0, 0.1) is 0 Å². The summed E-state index contributed by atoms with van der Waals surface area (Å²) in [5.74, 6) is 1.65. The number of hydrogen-bond acceptors (Lipinski definition) is 9. The quantitative estimate of drug-likeness (QED) is 0.233. The van der Waals surface area contributed by atoms with Gasteiger partial charge in [-0.05, 0) is 42.5 Å². The highest BCUT2D eigenvalue weighted by molar-refractivity contribution is 7.22. The predicted molar refractivity (Wildman–Crippen MR) is 136 cm³/mol. The molecule has 9 heteroatoms. The zero-order valence-electron chi connectivity index (χ0n) is 19.6. The topological polar surface area (TPSA) is 99.1 Å². The van der Waals surface area contributed by atoms with Crippen molar-refractivity contribution in [3.05, 3.63) is 66.4 Å². The number of carbonyl (C=O) groups excluding carboxylic acids is 1. The maximum atomic E-state index is 12.3. The van der Waals surface area contributed by atoms with Crippen LogP contribution in [0.4, 0.5) is 5.69 Å². The van der Waals surface area contributed by atoms with Gasteiger partial charge < -0.3 is 29.4 Å². The number of phenolic OH excluding ortho intramolecular Hbond substituents is 1. The van der Waals surface area contributed by atoms with E-state index in [0.29, 0.717) is 28.6 Å². The third-order valence-electron chi connectivity index (χ3n) is 5.27. The Balaban J connectivity index is 1.50. The van der Waals surface area contributed by atoms with Crippen molar-refractivity contribution < 1.29 is 28.8 Å². The van der Waals surface area contributed by atoms with Gasteiger partial charge in [-0.1, -0.05) is 0 Å². The first-order valence-electron chi connectivity index (χ1n) is 10.5. The maximum absolute atomic E-state index is 12.3. The lowest BCUT2D eigenvalue weighted by atomic mass is 10.1. The summed E-state index contributed by atoms with van der Waals surface area (Å²) >= 11 is 1.50. The molecule has 8 nitrogen and oxygen atoms in total. The minimum Gasteiger partial charge on any atom is -0.504 e. The number of phenols is 1. The van der Waals surface area contributed by atoms with Gasteiger partial charge in [0, 0.05) is 35.2 Å². The van der Waals surface area contributed by atoms with Crippen LogP contribution < -0.4 is 24.3 Å². The highest BCUT2D eigenvalue weighted by Crippen LogP contribution is 2.46. The Hall–Kier alpha value is -4.24. The number of benzene rings is 3. The van der Waals surface area contributed by atoms with E-state index in [0.717, 1.165) is 26.5 Å². The van der Waals surface area contributed by atoms with Gasteiger partial charge in [0.05, 0.1) is 34.0 Å². The number of aromatic hydroxyl groups is 1. The summed E-state index contributed by atoms with van der Waals surface area (Å²) < 4.78 is 22.3. The Morgan fingerprint density at radius 1 is 0.914 bits per heavy atom. The van der Waals surface area contributed by atoms with Gasteiger partial charge in [-0.2, -0.15) is 0 Å². The van der Waals surface area contributed by atoms with Crippen LogP contribution in [0.5, 0.6) is 28.7 Å². The van der Waals surface area contributed by atoms with E-state index in [4.69, 9.17) is 23.9 Å². The Morgan fingerprint density at radius 2 is 1.63 bits per heavy atom. The molecule has 2 N–H and O–H groups in total. The van der Waals surface area contributed by atoms with Crippen molar-refractivity contribution in [1.29, 1.82) is 0 Å². The van der Waals surface area contributed by atoms with E-state index in [1.165, 1.54) is 30.6 Å². The number of aromatic nitrogens is 1. The third kappa shape index (κ3) is 4.85. The molecule has 35 heavy (non-hydrogen) atoms. The molecule has 180 valence electrons. The number of rotatable bonds is 9. The van der Waals surface area contributed by atoms with Gasteiger partial charge >= 0.3 is 0 Å². The number of carbonyl (C=O) groups is 1. The summed E-state index contributed by atoms with van der Waals surface area (Å²) in [7, 11) is 6.19. The van der Waals surface area contributed by atoms with Gasteiger partial charge in [-0.3, -0.25) is 4.79 Å². The average molecular weight is 493 g/mol. The standard InChI is InChI=1S/C26H24N2O6S/c1-31-21-10-7-16(13-20(21)30)19(29)11-12-27-17-8-5-15(6-9-17)26-28-18-14-22(32-2)23(33-3)24(34-4)25(18)35-26/h5-14,27,30H,1-4H3/b12-11-. The molecule has 0 amide bonds. The Labute approximate surface area is 206 Å². The van der Waals surface area contributed by atoms with Crippen LogP contribution in [0.3, 0.4) is 0 Å². The van der Waals surface area contributed by atoms with Gasteiger partial charge in [0.25, 0.3) is 0 Å². The van der Waals surface area contributed by atoms with Crippen LogP contribution in [0.1, 0.15) is 10.4 Å². The smallest absolute Gasteiger partial charge is 0.204 e. The van der Waals surface area contributed by atoms with Crippen LogP contribution in [0.15, 0.2) is 60.8 Å². The first kappa shape index (κ1) is 23.9. The minimum absolute atomic E-state index is 0.0837. The summed E-state index contributed by atoms with van der Waals surface area (Å²) in [6.45, 7) is 0. The van der Waals surface area contributed by atoms with E-state index in [2.05, 4.69) is 5.32 Å². The first-order chi connectivity index (χ1) is 17.0. The van der Waals surface area contributed by atoms with E-state index in [-0.39, 0.29) is 11.5 Å². The molecule has 3 aromatic carbocycles. The molecular weight excluding hydrogens is 468 g/mol. The number of allylic oxidation sites excluding steroid dienone is 1. The second kappa shape index (κ2) is 10.4. The van der Waals surface area contributed by atoms with Gasteiger partial charge in [-0.25, -0.2) is 4.98 Å².